The number of amides is 1. The Labute approximate surface area is 151 Å². The molecule has 0 aliphatic rings. The fourth-order valence-corrected chi connectivity index (χ4v) is 2.48. The highest BCUT2D eigenvalue weighted by molar-refractivity contribution is 6.03. The smallest absolute Gasteiger partial charge is 0.278 e. The molecule has 26 heavy (non-hydrogen) atoms. The molecule has 3 aromatic rings. The molecule has 0 aliphatic heterocycles. The molecule has 0 atom stereocenters. The Kier molecular flexibility index (Phi) is 5.39. The summed E-state index contributed by atoms with van der Waals surface area (Å²) < 4.78 is 1.75. The second kappa shape index (κ2) is 8.07. The number of nitrogens with zero attached hydrogens (tertiary/aromatic N) is 6. The SMILES string of the molecule is Cc1nn(-c2ccccc2)nc1C(=O)Nc1cnn(CCCCC#N)c1. The molecule has 1 aromatic carbocycles. The van der Waals surface area contributed by atoms with Gasteiger partial charge in [0.25, 0.3) is 5.91 Å². The zero-order valence-corrected chi connectivity index (χ0v) is 14.5. The predicted molar refractivity (Wildman–Crippen MR) is 95.7 cm³/mol. The zero-order valence-electron chi connectivity index (χ0n) is 14.5. The van der Waals surface area contributed by atoms with Gasteiger partial charge in [0, 0.05) is 19.2 Å². The molecule has 8 heteroatoms. The predicted octanol–water partition coefficient (Wildman–Crippen LogP) is 2.72. The van der Waals surface area contributed by atoms with Gasteiger partial charge in [-0.1, -0.05) is 18.2 Å². The van der Waals surface area contributed by atoms with Gasteiger partial charge < -0.3 is 5.32 Å². The first kappa shape index (κ1) is 17.4. The zero-order chi connectivity index (χ0) is 18.4. The fourth-order valence-electron chi connectivity index (χ4n) is 2.48. The van der Waals surface area contributed by atoms with E-state index in [0.29, 0.717) is 24.3 Å². The van der Waals surface area contributed by atoms with Gasteiger partial charge in [-0.3, -0.25) is 9.48 Å². The Balaban J connectivity index is 1.65. The molecule has 0 spiro atoms. The van der Waals surface area contributed by atoms with Crippen LogP contribution in [-0.2, 0) is 6.54 Å². The monoisotopic (exact) mass is 349 g/mol. The minimum atomic E-state index is -0.325. The Bertz CT molecular complexity index is 921. The van der Waals surface area contributed by atoms with E-state index in [4.69, 9.17) is 5.26 Å². The normalized spacial score (nSPS) is 10.5. The molecule has 1 N–H and O–H groups in total. The molecular formula is C18H19N7O. The highest BCUT2D eigenvalue weighted by Gasteiger charge is 2.17. The second-order valence-corrected chi connectivity index (χ2v) is 5.82. The molecule has 0 radical (unpaired) electrons. The van der Waals surface area contributed by atoms with Crippen molar-refractivity contribution in [2.24, 2.45) is 0 Å². The van der Waals surface area contributed by atoms with E-state index in [0.717, 1.165) is 18.5 Å². The minimum Gasteiger partial charge on any atom is -0.318 e. The van der Waals surface area contributed by atoms with Crippen LogP contribution < -0.4 is 5.32 Å². The summed E-state index contributed by atoms with van der Waals surface area (Å²) in [6.45, 7) is 2.46. The molecule has 0 saturated heterocycles. The van der Waals surface area contributed by atoms with Crippen LogP contribution in [0, 0.1) is 18.3 Å². The van der Waals surface area contributed by atoms with Gasteiger partial charge in [0.05, 0.1) is 29.3 Å². The number of hydrogen-bond donors (Lipinski definition) is 1. The third-order valence-corrected chi connectivity index (χ3v) is 3.80. The molecule has 2 heterocycles. The number of aromatic nitrogens is 5. The maximum absolute atomic E-state index is 12.5. The lowest BCUT2D eigenvalue weighted by atomic mass is 10.2. The Hall–Kier alpha value is -3.47. The van der Waals surface area contributed by atoms with E-state index in [1.807, 2.05) is 30.3 Å². The number of nitriles is 1. The highest BCUT2D eigenvalue weighted by Crippen LogP contribution is 2.12. The number of para-hydroxylation sites is 1. The van der Waals surface area contributed by atoms with Crippen LogP contribution in [-0.4, -0.2) is 30.7 Å². The van der Waals surface area contributed by atoms with E-state index in [9.17, 15) is 4.79 Å². The number of benzene rings is 1. The van der Waals surface area contributed by atoms with E-state index < -0.39 is 0 Å². The van der Waals surface area contributed by atoms with Crippen LogP contribution in [0.25, 0.3) is 5.69 Å². The van der Waals surface area contributed by atoms with Crippen molar-refractivity contribution in [3.05, 3.63) is 54.1 Å². The number of carbonyl (C=O) groups is 1. The van der Waals surface area contributed by atoms with Crippen LogP contribution in [0.5, 0.6) is 0 Å². The summed E-state index contributed by atoms with van der Waals surface area (Å²) >= 11 is 0. The maximum Gasteiger partial charge on any atom is 0.278 e. The average Bonchev–Trinajstić information content (AvgIpc) is 3.26. The van der Waals surface area contributed by atoms with E-state index in [1.54, 1.807) is 24.0 Å². The van der Waals surface area contributed by atoms with Gasteiger partial charge in [-0.15, -0.1) is 5.10 Å². The first-order chi connectivity index (χ1) is 12.7. The molecule has 8 nitrogen and oxygen atoms in total. The average molecular weight is 349 g/mol. The quantitative estimate of drug-likeness (QED) is 0.661. The van der Waals surface area contributed by atoms with E-state index >= 15 is 0 Å². The van der Waals surface area contributed by atoms with Crippen molar-refractivity contribution in [3.8, 4) is 11.8 Å². The summed E-state index contributed by atoms with van der Waals surface area (Å²) in [6.07, 6.45) is 5.61. The molecule has 0 saturated carbocycles. The molecule has 0 aliphatic carbocycles. The van der Waals surface area contributed by atoms with Crippen molar-refractivity contribution in [3.63, 3.8) is 0 Å². The Morgan fingerprint density at radius 3 is 2.81 bits per heavy atom. The molecule has 1 amide bonds. The summed E-state index contributed by atoms with van der Waals surface area (Å²) in [5.41, 5.74) is 2.22. The lowest BCUT2D eigenvalue weighted by Gasteiger charge is -2.00. The largest absolute Gasteiger partial charge is 0.318 e. The molecule has 0 fully saturated rings. The molecule has 3 rings (SSSR count). The number of nitrogens with one attached hydrogen (secondary N) is 1. The number of rotatable bonds is 7. The Morgan fingerprint density at radius 1 is 1.23 bits per heavy atom. The van der Waals surface area contributed by atoms with Crippen LogP contribution >= 0.6 is 0 Å². The summed E-state index contributed by atoms with van der Waals surface area (Å²) in [7, 11) is 0. The van der Waals surface area contributed by atoms with Crippen LogP contribution in [0.4, 0.5) is 5.69 Å². The Morgan fingerprint density at radius 2 is 2.04 bits per heavy atom. The summed E-state index contributed by atoms with van der Waals surface area (Å²) in [6, 6.07) is 11.5. The molecule has 2 aromatic heterocycles. The van der Waals surface area contributed by atoms with Crippen molar-refractivity contribution >= 4 is 11.6 Å². The third kappa shape index (κ3) is 4.13. The van der Waals surface area contributed by atoms with Gasteiger partial charge in [-0.25, -0.2) is 0 Å². The van der Waals surface area contributed by atoms with Crippen molar-refractivity contribution in [2.45, 2.75) is 32.7 Å². The van der Waals surface area contributed by atoms with E-state index in [2.05, 4.69) is 26.7 Å². The van der Waals surface area contributed by atoms with Crippen molar-refractivity contribution < 1.29 is 4.79 Å². The summed E-state index contributed by atoms with van der Waals surface area (Å²) in [4.78, 5) is 13.9. The number of hydrogen-bond acceptors (Lipinski definition) is 5. The molecule has 0 bridgehead atoms. The summed E-state index contributed by atoms with van der Waals surface area (Å²) in [5.74, 6) is -0.325. The fraction of sp³-hybridized carbons (Fsp3) is 0.278. The molecule has 0 unspecified atom stereocenters. The van der Waals surface area contributed by atoms with Gasteiger partial charge in [0.15, 0.2) is 5.69 Å². The van der Waals surface area contributed by atoms with Crippen LogP contribution in [0.2, 0.25) is 0 Å². The van der Waals surface area contributed by atoms with Gasteiger partial charge >= 0.3 is 0 Å². The first-order valence-corrected chi connectivity index (χ1v) is 8.37. The van der Waals surface area contributed by atoms with Crippen LogP contribution in [0.3, 0.4) is 0 Å². The molecule has 132 valence electrons. The minimum absolute atomic E-state index is 0.274. The van der Waals surface area contributed by atoms with Crippen molar-refractivity contribution in [1.82, 2.24) is 24.8 Å². The lowest BCUT2D eigenvalue weighted by Crippen LogP contribution is -2.14. The first-order valence-electron chi connectivity index (χ1n) is 8.37. The van der Waals surface area contributed by atoms with E-state index in [1.165, 1.54) is 4.80 Å². The highest BCUT2D eigenvalue weighted by atomic mass is 16.2. The standard InChI is InChI=1S/C18H19N7O/c1-14-17(23-25(22-14)16-8-4-2-5-9-16)18(26)21-15-12-20-24(13-15)11-7-3-6-10-19/h2,4-5,8-9,12-13H,3,6-7,11H2,1H3,(H,21,26). The van der Waals surface area contributed by atoms with Crippen LogP contribution in [0.15, 0.2) is 42.7 Å². The third-order valence-electron chi connectivity index (χ3n) is 3.80. The number of anilines is 1. The topological polar surface area (TPSA) is 101 Å². The van der Waals surface area contributed by atoms with Crippen molar-refractivity contribution in [2.75, 3.05) is 5.32 Å². The second-order valence-electron chi connectivity index (χ2n) is 5.82. The number of unbranched alkanes of at least 4 members (excludes halogenated alkanes) is 2. The van der Waals surface area contributed by atoms with Gasteiger partial charge in [0.1, 0.15) is 0 Å². The van der Waals surface area contributed by atoms with Crippen molar-refractivity contribution in [1.29, 1.82) is 5.26 Å². The van der Waals surface area contributed by atoms with Gasteiger partial charge in [-0.05, 0) is 31.9 Å². The van der Waals surface area contributed by atoms with Crippen LogP contribution in [0.1, 0.15) is 35.4 Å². The number of aryl methyl sites for hydroxylation is 2. The van der Waals surface area contributed by atoms with Gasteiger partial charge in [-0.2, -0.15) is 20.3 Å². The molecular weight excluding hydrogens is 330 g/mol. The lowest BCUT2D eigenvalue weighted by molar-refractivity contribution is 0.102. The summed E-state index contributed by atoms with van der Waals surface area (Å²) in [5, 5.41) is 24.1. The van der Waals surface area contributed by atoms with E-state index in [-0.39, 0.29) is 11.6 Å². The maximum atomic E-state index is 12.5. The van der Waals surface area contributed by atoms with Gasteiger partial charge in [0.2, 0.25) is 0 Å². The number of carbonyl (C=O) groups excluding carboxylic acids is 1.